The molecule has 1 aliphatic heterocycles. The molecule has 1 fully saturated rings. The first-order chi connectivity index (χ1) is 13.3. The van der Waals surface area contributed by atoms with Crippen molar-refractivity contribution >= 4 is 33.2 Å². The fourth-order valence-electron chi connectivity index (χ4n) is 3.04. The van der Waals surface area contributed by atoms with Crippen molar-refractivity contribution in [2.24, 2.45) is 0 Å². The fraction of sp³-hybridized carbons (Fsp3) is 0.350. The molecular formula is C20H23ClN2O4S. The number of hydrogen-bond acceptors (Lipinski definition) is 4. The van der Waals surface area contributed by atoms with Gasteiger partial charge in [0.05, 0.1) is 23.8 Å². The molecule has 8 heteroatoms. The van der Waals surface area contributed by atoms with Gasteiger partial charge >= 0.3 is 0 Å². The minimum Gasteiger partial charge on any atom is -0.378 e. The molecule has 0 aliphatic carbocycles. The van der Waals surface area contributed by atoms with Gasteiger partial charge in [-0.3, -0.25) is 9.10 Å². The maximum Gasteiger partial charge on any atom is 0.264 e. The van der Waals surface area contributed by atoms with E-state index in [9.17, 15) is 13.2 Å². The number of morpholine rings is 1. The first-order valence-electron chi connectivity index (χ1n) is 9.01. The van der Waals surface area contributed by atoms with Crippen molar-refractivity contribution in [2.45, 2.75) is 18.7 Å². The maximum absolute atomic E-state index is 13.4. The third-order valence-electron chi connectivity index (χ3n) is 4.76. The van der Waals surface area contributed by atoms with Gasteiger partial charge in [0.15, 0.2) is 0 Å². The van der Waals surface area contributed by atoms with Crippen molar-refractivity contribution in [2.75, 3.05) is 37.2 Å². The average molecular weight is 423 g/mol. The van der Waals surface area contributed by atoms with E-state index < -0.39 is 10.0 Å². The lowest BCUT2D eigenvalue weighted by molar-refractivity contribution is -0.133. The van der Waals surface area contributed by atoms with E-state index in [2.05, 4.69) is 0 Å². The van der Waals surface area contributed by atoms with Crippen LogP contribution in [-0.2, 0) is 19.6 Å². The molecule has 150 valence electrons. The van der Waals surface area contributed by atoms with Crippen LogP contribution in [0.4, 0.5) is 5.69 Å². The Morgan fingerprint density at radius 1 is 1.11 bits per heavy atom. The molecule has 6 nitrogen and oxygen atoms in total. The number of carbonyl (C=O) groups excluding carboxylic acids is 1. The van der Waals surface area contributed by atoms with Gasteiger partial charge in [0.2, 0.25) is 5.91 Å². The van der Waals surface area contributed by atoms with Gasteiger partial charge in [-0.2, -0.15) is 0 Å². The zero-order valence-corrected chi connectivity index (χ0v) is 17.5. The lowest BCUT2D eigenvalue weighted by Gasteiger charge is -2.31. The largest absolute Gasteiger partial charge is 0.378 e. The number of sulfonamides is 1. The van der Waals surface area contributed by atoms with Gasteiger partial charge in [-0.15, -0.1) is 0 Å². The zero-order valence-electron chi connectivity index (χ0n) is 15.9. The molecule has 1 amide bonds. The number of aryl methyl sites for hydroxylation is 1. The summed E-state index contributed by atoms with van der Waals surface area (Å²) in [6, 6.07) is 11.6. The molecule has 0 saturated carbocycles. The Bertz CT molecular complexity index is 955. The summed E-state index contributed by atoms with van der Waals surface area (Å²) in [4.78, 5) is 14.6. The molecule has 2 aromatic carbocycles. The number of hydrogen-bond donors (Lipinski definition) is 0. The number of amides is 1. The van der Waals surface area contributed by atoms with Gasteiger partial charge in [-0.1, -0.05) is 35.4 Å². The second-order valence-corrected chi connectivity index (χ2v) is 8.97. The van der Waals surface area contributed by atoms with E-state index >= 15 is 0 Å². The summed E-state index contributed by atoms with van der Waals surface area (Å²) >= 11 is 6.23. The molecule has 0 aromatic heterocycles. The Kier molecular flexibility index (Phi) is 6.27. The van der Waals surface area contributed by atoms with E-state index in [1.54, 1.807) is 54.3 Å². The van der Waals surface area contributed by atoms with Crippen molar-refractivity contribution < 1.29 is 17.9 Å². The predicted octanol–water partition coefficient (Wildman–Crippen LogP) is 3.01. The molecule has 0 bridgehead atoms. The van der Waals surface area contributed by atoms with Gasteiger partial charge in [0.25, 0.3) is 10.0 Å². The van der Waals surface area contributed by atoms with Gasteiger partial charge in [-0.25, -0.2) is 8.42 Å². The summed E-state index contributed by atoms with van der Waals surface area (Å²) in [5.41, 5.74) is 1.96. The van der Waals surface area contributed by atoms with Crippen molar-refractivity contribution in [1.82, 2.24) is 4.90 Å². The monoisotopic (exact) mass is 422 g/mol. The number of ether oxygens (including phenoxy) is 1. The van der Waals surface area contributed by atoms with Crippen LogP contribution in [0.15, 0.2) is 47.4 Å². The Morgan fingerprint density at radius 3 is 2.39 bits per heavy atom. The van der Waals surface area contributed by atoms with E-state index in [0.717, 1.165) is 9.87 Å². The molecule has 0 atom stereocenters. The fourth-order valence-corrected chi connectivity index (χ4v) is 4.68. The summed E-state index contributed by atoms with van der Waals surface area (Å²) < 4.78 is 33.3. The van der Waals surface area contributed by atoms with Crippen LogP contribution < -0.4 is 4.31 Å². The summed E-state index contributed by atoms with van der Waals surface area (Å²) in [5.74, 6) is -0.265. The van der Waals surface area contributed by atoms with Crippen molar-refractivity contribution in [3.8, 4) is 0 Å². The first kappa shape index (κ1) is 20.6. The molecule has 1 saturated heterocycles. The van der Waals surface area contributed by atoms with Crippen LogP contribution in [0.25, 0.3) is 0 Å². The molecule has 0 unspecified atom stereocenters. The van der Waals surface area contributed by atoms with Crippen LogP contribution >= 0.6 is 11.6 Å². The molecule has 1 heterocycles. The molecule has 2 aromatic rings. The summed E-state index contributed by atoms with van der Waals surface area (Å²) in [5, 5.41) is 0.445. The lowest BCUT2D eigenvalue weighted by Crippen LogP contribution is -2.47. The molecule has 0 radical (unpaired) electrons. The quantitative estimate of drug-likeness (QED) is 0.742. The summed E-state index contributed by atoms with van der Waals surface area (Å²) in [6.07, 6.45) is 0. The topological polar surface area (TPSA) is 66.9 Å². The maximum atomic E-state index is 13.4. The highest BCUT2D eigenvalue weighted by Crippen LogP contribution is 2.31. The molecule has 3 rings (SSSR count). The number of halogens is 1. The van der Waals surface area contributed by atoms with Gasteiger partial charge in [0, 0.05) is 18.1 Å². The van der Waals surface area contributed by atoms with E-state index in [1.165, 1.54) is 0 Å². The third-order valence-corrected chi connectivity index (χ3v) is 6.94. The van der Waals surface area contributed by atoms with Crippen LogP contribution in [0, 0.1) is 13.8 Å². The number of anilines is 1. The van der Waals surface area contributed by atoms with Crippen LogP contribution in [0.1, 0.15) is 11.1 Å². The van der Waals surface area contributed by atoms with Crippen molar-refractivity contribution in [3.05, 3.63) is 58.6 Å². The van der Waals surface area contributed by atoms with Gasteiger partial charge in [0.1, 0.15) is 6.54 Å². The second-order valence-electron chi connectivity index (χ2n) is 6.70. The van der Waals surface area contributed by atoms with Crippen LogP contribution in [0.5, 0.6) is 0 Å². The SMILES string of the molecule is Cc1ccc(S(=O)(=O)N(CC(=O)N2CCOCC2)c2cccc(Cl)c2C)cc1. The molecule has 0 spiro atoms. The molecule has 0 N–H and O–H groups in total. The van der Waals surface area contributed by atoms with Crippen molar-refractivity contribution in [1.29, 1.82) is 0 Å². The second kappa shape index (κ2) is 8.51. The van der Waals surface area contributed by atoms with E-state index in [4.69, 9.17) is 16.3 Å². The van der Waals surface area contributed by atoms with Crippen molar-refractivity contribution in [3.63, 3.8) is 0 Å². The smallest absolute Gasteiger partial charge is 0.264 e. The number of nitrogens with zero attached hydrogens (tertiary/aromatic N) is 2. The highest BCUT2D eigenvalue weighted by atomic mass is 35.5. The Hall–Kier alpha value is -2.09. The highest BCUT2D eigenvalue weighted by molar-refractivity contribution is 7.92. The zero-order chi connectivity index (χ0) is 20.3. The third kappa shape index (κ3) is 4.32. The van der Waals surface area contributed by atoms with Crippen LogP contribution in [-0.4, -0.2) is 52.1 Å². The lowest BCUT2D eigenvalue weighted by atomic mass is 10.2. The van der Waals surface area contributed by atoms with Gasteiger partial charge < -0.3 is 9.64 Å². The minimum absolute atomic E-state index is 0.132. The standard InChI is InChI=1S/C20H23ClN2O4S/c1-15-6-8-17(9-7-15)28(25,26)23(19-5-3-4-18(21)16(19)2)14-20(24)22-10-12-27-13-11-22/h3-9H,10-14H2,1-2H3. The number of rotatable bonds is 5. The molecular weight excluding hydrogens is 400 g/mol. The summed E-state index contributed by atoms with van der Waals surface area (Å²) in [7, 11) is -3.95. The predicted molar refractivity (Wildman–Crippen MR) is 109 cm³/mol. The Labute approximate surface area is 170 Å². The minimum atomic E-state index is -3.95. The summed E-state index contributed by atoms with van der Waals surface area (Å²) in [6.45, 7) is 5.14. The van der Waals surface area contributed by atoms with E-state index in [-0.39, 0.29) is 17.3 Å². The van der Waals surface area contributed by atoms with Crippen LogP contribution in [0.2, 0.25) is 5.02 Å². The average Bonchev–Trinajstić information content (AvgIpc) is 2.69. The van der Waals surface area contributed by atoms with Gasteiger partial charge in [-0.05, 0) is 43.7 Å². The van der Waals surface area contributed by atoms with Crippen LogP contribution in [0.3, 0.4) is 0 Å². The molecule has 28 heavy (non-hydrogen) atoms. The normalized spacial score (nSPS) is 14.8. The number of benzene rings is 2. The van der Waals surface area contributed by atoms with E-state index in [1.807, 2.05) is 6.92 Å². The first-order valence-corrected chi connectivity index (χ1v) is 10.8. The Morgan fingerprint density at radius 2 is 1.75 bits per heavy atom. The highest BCUT2D eigenvalue weighted by Gasteiger charge is 2.30. The molecule has 1 aliphatic rings. The Balaban J connectivity index is 2.02. The van der Waals surface area contributed by atoms with E-state index in [0.29, 0.717) is 42.6 Å². The number of carbonyl (C=O) groups is 1.